The molecule has 0 saturated carbocycles. The van der Waals surface area contributed by atoms with Gasteiger partial charge >= 0.3 is 6.03 Å². The van der Waals surface area contributed by atoms with Crippen LogP contribution in [0.1, 0.15) is 37.6 Å². The highest BCUT2D eigenvalue weighted by Gasteiger charge is 2.32. The number of hydrogen-bond acceptors (Lipinski definition) is 2. The minimum atomic E-state index is 0.0155. The highest BCUT2D eigenvalue weighted by Crippen LogP contribution is 2.39. The fourth-order valence-electron chi connectivity index (χ4n) is 4.43. The Morgan fingerprint density at radius 1 is 1.27 bits per heavy atom. The van der Waals surface area contributed by atoms with Crippen molar-refractivity contribution in [2.75, 3.05) is 19.6 Å². The van der Waals surface area contributed by atoms with Crippen molar-refractivity contribution in [3.05, 3.63) is 41.1 Å². The largest absolute Gasteiger partial charge is 0.358 e. The summed E-state index contributed by atoms with van der Waals surface area (Å²) in [7, 11) is 0. The highest BCUT2D eigenvalue weighted by atomic mass is 16.2. The van der Waals surface area contributed by atoms with Crippen molar-refractivity contribution >= 4 is 22.5 Å². The molecule has 0 radical (unpaired) electrons. The molecule has 138 valence electrons. The van der Waals surface area contributed by atoms with Crippen LogP contribution in [-0.2, 0) is 12.8 Å². The molecular formula is C21H28N4O. The van der Waals surface area contributed by atoms with Crippen LogP contribution in [0.4, 0.5) is 4.79 Å². The van der Waals surface area contributed by atoms with Crippen molar-refractivity contribution in [2.45, 2.75) is 45.7 Å². The van der Waals surface area contributed by atoms with Gasteiger partial charge in [-0.3, -0.25) is 0 Å². The first kappa shape index (κ1) is 17.2. The number of benzene rings is 1. The molecule has 0 saturated heterocycles. The number of aryl methyl sites for hydroxylation is 1. The summed E-state index contributed by atoms with van der Waals surface area (Å²) < 4.78 is 0. The summed E-state index contributed by atoms with van der Waals surface area (Å²) in [5, 5.41) is 8.19. The number of amides is 2. The van der Waals surface area contributed by atoms with Gasteiger partial charge in [0.25, 0.3) is 0 Å². The van der Waals surface area contributed by atoms with E-state index in [4.69, 9.17) is 0 Å². The fraction of sp³-hybridized carbons (Fsp3) is 0.476. The Balaban J connectivity index is 1.69. The molecular weight excluding hydrogens is 324 g/mol. The Labute approximate surface area is 154 Å². The molecule has 2 atom stereocenters. The molecule has 5 heteroatoms. The number of aromatic nitrogens is 1. The number of rotatable bonds is 4. The molecule has 0 unspecified atom stereocenters. The number of carbonyl (C=O) groups is 1. The van der Waals surface area contributed by atoms with E-state index in [9.17, 15) is 4.79 Å². The van der Waals surface area contributed by atoms with Gasteiger partial charge in [-0.15, -0.1) is 0 Å². The first-order valence-corrected chi connectivity index (χ1v) is 9.79. The average molecular weight is 352 g/mol. The van der Waals surface area contributed by atoms with E-state index in [0.29, 0.717) is 6.04 Å². The van der Waals surface area contributed by atoms with Gasteiger partial charge in [-0.05, 0) is 49.5 Å². The lowest BCUT2D eigenvalue weighted by molar-refractivity contribution is 0.200. The molecule has 0 fully saturated rings. The summed E-state index contributed by atoms with van der Waals surface area (Å²) in [6.07, 6.45) is 4.30. The molecule has 2 amide bonds. The van der Waals surface area contributed by atoms with Gasteiger partial charge < -0.3 is 20.5 Å². The first-order valence-electron chi connectivity index (χ1n) is 9.79. The maximum Gasteiger partial charge on any atom is 0.317 e. The second-order valence-corrected chi connectivity index (χ2v) is 7.18. The van der Waals surface area contributed by atoms with Gasteiger partial charge in [-0.1, -0.05) is 25.1 Å². The second kappa shape index (κ2) is 6.80. The smallest absolute Gasteiger partial charge is 0.317 e. The van der Waals surface area contributed by atoms with Crippen LogP contribution < -0.4 is 10.6 Å². The van der Waals surface area contributed by atoms with E-state index in [-0.39, 0.29) is 12.1 Å². The maximum absolute atomic E-state index is 12.4. The molecule has 0 bridgehead atoms. The molecule has 1 aliphatic heterocycles. The molecule has 3 N–H and O–H groups in total. The lowest BCUT2D eigenvalue weighted by atomic mass is 9.81. The van der Waals surface area contributed by atoms with Gasteiger partial charge in [0.05, 0.1) is 6.04 Å². The molecule has 2 aromatic rings. The molecule has 2 aliphatic rings. The van der Waals surface area contributed by atoms with E-state index in [1.807, 2.05) is 18.7 Å². The lowest BCUT2D eigenvalue weighted by Gasteiger charge is -2.35. The average Bonchev–Trinajstić information content (AvgIpc) is 3.02. The lowest BCUT2D eigenvalue weighted by Crippen LogP contribution is -2.52. The minimum Gasteiger partial charge on any atom is -0.358 e. The topological polar surface area (TPSA) is 60.2 Å². The summed E-state index contributed by atoms with van der Waals surface area (Å²) in [5.74, 6) is 0. The monoisotopic (exact) mass is 352 g/mol. The number of aromatic amines is 1. The SMILES string of the molecule is CCc1[nH]c2cccc3c2c1C[C@H]1NC[C@@H](NC(=O)N(CC)CC)C=C31. The van der Waals surface area contributed by atoms with E-state index in [2.05, 4.69) is 46.8 Å². The molecule has 0 spiro atoms. The Bertz CT molecular complexity index is 862. The van der Waals surface area contributed by atoms with Gasteiger partial charge in [-0.25, -0.2) is 4.79 Å². The third-order valence-electron chi connectivity index (χ3n) is 5.79. The van der Waals surface area contributed by atoms with Crippen LogP contribution >= 0.6 is 0 Å². The number of fused-ring (bicyclic) bond motifs is 2. The van der Waals surface area contributed by atoms with Gasteiger partial charge in [0.1, 0.15) is 0 Å². The first-order chi connectivity index (χ1) is 12.7. The van der Waals surface area contributed by atoms with E-state index in [1.165, 1.54) is 33.3 Å². The second-order valence-electron chi connectivity index (χ2n) is 7.18. The zero-order valence-corrected chi connectivity index (χ0v) is 15.9. The van der Waals surface area contributed by atoms with Crippen molar-refractivity contribution in [3.63, 3.8) is 0 Å². The number of hydrogen-bond donors (Lipinski definition) is 3. The summed E-state index contributed by atoms with van der Waals surface area (Å²) in [4.78, 5) is 17.8. The van der Waals surface area contributed by atoms with Crippen molar-refractivity contribution in [3.8, 4) is 0 Å². The molecule has 5 nitrogen and oxygen atoms in total. The van der Waals surface area contributed by atoms with Crippen molar-refractivity contribution in [2.24, 2.45) is 0 Å². The molecule has 1 aromatic heterocycles. The van der Waals surface area contributed by atoms with E-state index >= 15 is 0 Å². The Morgan fingerprint density at radius 2 is 2.08 bits per heavy atom. The number of nitrogens with zero attached hydrogens (tertiary/aromatic N) is 1. The van der Waals surface area contributed by atoms with Crippen molar-refractivity contribution in [1.82, 2.24) is 20.5 Å². The van der Waals surface area contributed by atoms with E-state index in [1.54, 1.807) is 0 Å². The Hall–Kier alpha value is -2.27. The number of nitrogens with one attached hydrogen (secondary N) is 3. The fourth-order valence-corrected chi connectivity index (χ4v) is 4.43. The van der Waals surface area contributed by atoms with Crippen LogP contribution in [0.15, 0.2) is 24.3 Å². The summed E-state index contributed by atoms with van der Waals surface area (Å²) in [6, 6.07) is 6.87. The standard InChI is InChI=1S/C21H28N4O/c1-4-17-16-11-19-15(14-8-7-9-18(24-17)20(14)16)10-13(12-22-19)23-21(26)25(5-2)6-3/h7-10,13,19,22,24H,4-6,11-12H2,1-3H3,(H,23,26)/t13-,19+/m0/s1. The van der Waals surface area contributed by atoms with Crippen LogP contribution in [0, 0.1) is 0 Å². The van der Waals surface area contributed by atoms with Crippen LogP contribution in [0.2, 0.25) is 0 Å². The van der Waals surface area contributed by atoms with Crippen molar-refractivity contribution in [1.29, 1.82) is 0 Å². The summed E-state index contributed by atoms with van der Waals surface area (Å²) in [6.45, 7) is 8.47. The van der Waals surface area contributed by atoms with Gasteiger partial charge in [-0.2, -0.15) is 0 Å². The molecule has 1 aliphatic carbocycles. The van der Waals surface area contributed by atoms with Gasteiger partial charge in [0.15, 0.2) is 0 Å². The quantitative estimate of drug-likeness (QED) is 0.792. The Kier molecular flexibility index (Phi) is 4.49. The normalized spacial score (nSPS) is 21.3. The Morgan fingerprint density at radius 3 is 2.81 bits per heavy atom. The van der Waals surface area contributed by atoms with Gasteiger partial charge in [0, 0.05) is 42.3 Å². The minimum absolute atomic E-state index is 0.0155. The van der Waals surface area contributed by atoms with Crippen molar-refractivity contribution < 1.29 is 4.79 Å². The predicted molar refractivity (Wildman–Crippen MR) is 106 cm³/mol. The number of urea groups is 1. The van der Waals surface area contributed by atoms with Gasteiger partial charge in [0.2, 0.25) is 0 Å². The zero-order chi connectivity index (χ0) is 18.3. The predicted octanol–water partition coefficient (Wildman–Crippen LogP) is 3.06. The van der Waals surface area contributed by atoms with E-state index < -0.39 is 0 Å². The highest BCUT2D eigenvalue weighted by molar-refractivity contribution is 5.99. The number of carbonyl (C=O) groups excluding carboxylic acids is 1. The van der Waals surface area contributed by atoms with E-state index in [0.717, 1.165) is 32.5 Å². The van der Waals surface area contributed by atoms with Crippen LogP contribution in [0.5, 0.6) is 0 Å². The molecule has 4 rings (SSSR count). The third kappa shape index (κ3) is 2.71. The molecule has 1 aromatic carbocycles. The molecule has 26 heavy (non-hydrogen) atoms. The van der Waals surface area contributed by atoms with Crippen LogP contribution in [-0.4, -0.2) is 47.6 Å². The number of H-pyrrole nitrogens is 1. The summed E-state index contributed by atoms with van der Waals surface area (Å²) in [5.41, 5.74) is 6.66. The van der Waals surface area contributed by atoms with Crippen LogP contribution in [0.25, 0.3) is 16.5 Å². The van der Waals surface area contributed by atoms with Crippen LogP contribution in [0.3, 0.4) is 0 Å². The maximum atomic E-state index is 12.4. The molecule has 2 heterocycles. The third-order valence-corrected chi connectivity index (χ3v) is 5.79. The zero-order valence-electron chi connectivity index (χ0n) is 15.9. The summed E-state index contributed by atoms with van der Waals surface area (Å²) >= 11 is 0.